The maximum atomic E-state index is 11.9. The number of hydrogen-bond donors (Lipinski definition) is 1. The number of carbonyl (C=O) groups is 1. The maximum Gasteiger partial charge on any atom is 0.283 e. The summed E-state index contributed by atoms with van der Waals surface area (Å²) >= 11 is 4.06. The number of rotatable bonds is 1. The highest BCUT2D eigenvalue weighted by Crippen LogP contribution is 2.39. The number of hydrogen-bond acceptors (Lipinski definition) is 1. The Hall–Kier alpha value is -1.74. The third-order valence-electron chi connectivity index (χ3n) is 3.64. The van der Waals surface area contributed by atoms with Crippen LogP contribution in [0.3, 0.4) is 0 Å². The van der Waals surface area contributed by atoms with Gasteiger partial charge in [-0.2, -0.15) is 0 Å². The molecule has 2 nitrogen and oxygen atoms in total. The number of para-hydroxylation sites is 1. The van der Waals surface area contributed by atoms with Crippen molar-refractivity contribution in [1.29, 1.82) is 0 Å². The predicted octanol–water partition coefficient (Wildman–Crippen LogP) is 4.23. The van der Waals surface area contributed by atoms with Gasteiger partial charge in [0.15, 0.2) is 0 Å². The molecule has 0 N–H and O–H groups in total. The number of aryl methyl sites for hydroxylation is 1. The lowest BCUT2D eigenvalue weighted by atomic mass is 9.92. The zero-order valence-corrected chi connectivity index (χ0v) is 11.4. The molecule has 19 heavy (non-hydrogen) atoms. The Labute approximate surface area is 118 Å². The standard InChI is InChI=1S/C16H15NOS/c18-16(19)17-14-9-5-4-8-13(14)10-11-15(17)12-6-2-1-3-7-12/h1-9,15H,10-11H2,(H,18,19). The number of benzene rings is 2. The molecule has 3 rings (SSSR count). The van der Waals surface area contributed by atoms with E-state index >= 15 is 0 Å². The Morgan fingerprint density at radius 2 is 1.74 bits per heavy atom. The van der Waals surface area contributed by atoms with E-state index < -0.39 is 0 Å². The number of thiol groups is 1. The molecule has 1 unspecified atom stereocenters. The van der Waals surface area contributed by atoms with Crippen LogP contribution in [0.5, 0.6) is 0 Å². The fourth-order valence-corrected chi connectivity index (χ4v) is 3.02. The Bertz CT molecular complexity index is 597. The van der Waals surface area contributed by atoms with E-state index in [1.165, 1.54) is 11.1 Å². The van der Waals surface area contributed by atoms with Crippen molar-refractivity contribution in [2.75, 3.05) is 4.90 Å². The summed E-state index contributed by atoms with van der Waals surface area (Å²) in [6, 6.07) is 18.3. The molecule has 96 valence electrons. The van der Waals surface area contributed by atoms with Crippen LogP contribution in [-0.2, 0) is 6.42 Å². The first-order chi connectivity index (χ1) is 9.27. The Morgan fingerprint density at radius 3 is 2.47 bits per heavy atom. The lowest BCUT2D eigenvalue weighted by Crippen LogP contribution is -2.35. The Morgan fingerprint density at radius 1 is 1.05 bits per heavy atom. The van der Waals surface area contributed by atoms with Gasteiger partial charge in [0, 0.05) is 5.69 Å². The van der Waals surface area contributed by atoms with E-state index in [0.717, 1.165) is 18.5 Å². The minimum Gasteiger partial charge on any atom is -0.296 e. The first kappa shape index (κ1) is 12.3. The smallest absolute Gasteiger partial charge is 0.283 e. The van der Waals surface area contributed by atoms with Crippen molar-refractivity contribution >= 4 is 23.6 Å². The van der Waals surface area contributed by atoms with E-state index in [0.29, 0.717) is 0 Å². The van der Waals surface area contributed by atoms with Crippen LogP contribution in [0, 0.1) is 0 Å². The van der Waals surface area contributed by atoms with Crippen LogP contribution in [0.25, 0.3) is 0 Å². The van der Waals surface area contributed by atoms with Crippen molar-refractivity contribution in [3.05, 3.63) is 65.7 Å². The zero-order valence-electron chi connectivity index (χ0n) is 10.5. The molecule has 0 fully saturated rings. The summed E-state index contributed by atoms with van der Waals surface area (Å²) in [5.74, 6) is 0. The van der Waals surface area contributed by atoms with E-state index in [1.54, 1.807) is 4.90 Å². The summed E-state index contributed by atoms with van der Waals surface area (Å²) < 4.78 is 0. The number of carbonyl (C=O) groups excluding carboxylic acids is 1. The molecule has 1 amide bonds. The maximum absolute atomic E-state index is 11.9. The van der Waals surface area contributed by atoms with Crippen LogP contribution in [0.1, 0.15) is 23.6 Å². The van der Waals surface area contributed by atoms with Gasteiger partial charge in [-0.05, 0) is 30.0 Å². The van der Waals surface area contributed by atoms with Crippen molar-refractivity contribution in [3.63, 3.8) is 0 Å². The summed E-state index contributed by atoms with van der Waals surface area (Å²) in [5, 5.41) is -0.194. The quantitative estimate of drug-likeness (QED) is 0.768. The van der Waals surface area contributed by atoms with Crippen LogP contribution >= 0.6 is 12.6 Å². The first-order valence-corrected chi connectivity index (χ1v) is 6.87. The van der Waals surface area contributed by atoms with Crippen molar-refractivity contribution in [2.24, 2.45) is 0 Å². The molecule has 1 heterocycles. The summed E-state index contributed by atoms with van der Waals surface area (Å²) in [5.41, 5.74) is 3.37. The topological polar surface area (TPSA) is 20.3 Å². The van der Waals surface area contributed by atoms with E-state index in [-0.39, 0.29) is 11.3 Å². The van der Waals surface area contributed by atoms with Gasteiger partial charge in [-0.3, -0.25) is 9.69 Å². The van der Waals surface area contributed by atoms with Gasteiger partial charge in [-0.1, -0.05) is 61.2 Å². The minimum absolute atomic E-state index is 0.0844. The van der Waals surface area contributed by atoms with Gasteiger partial charge < -0.3 is 0 Å². The molecule has 2 aromatic carbocycles. The van der Waals surface area contributed by atoms with E-state index in [4.69, 9.17) is 0 Å². The fraction of sp³-hybridized carbons (Fsp3) is 0.188. The SMILES string of the molecule is O=C(S)N1c2ccccc2CCC1c1ccccc1. The van der Waals surface area contributed by atoms with Crippen LogP contribution in [0.4, 0.5) is 10.5 Å². The second-order valence-corrected chi connectivity index (χ2v) is 5.13. The van der Waals surface area contributed by atoms with Gasteiger partial charge in [0.05, 0.1) is 6.04 Å². The molecule has 0 saturated carbocycles. The second-order valence-electron chi connectivity index (χ2n) is 4.75. The predicted molar refractivity (Wildman–Crippen MR) is 80.8 cm³/mol. The Balaban J connectivity index is 2.06. The molecule has 0 spiro atoms. The molecule has 0 radical (unpaired) electrons. The highest BCUT2D eigenvalue weighted by molar-refractivity contribution is 7.96. The molecule has 0 bridgehead atoms. The van der Waals surface area contributed by atoms with Crippen molar-refractivity contribution in [1.82, 2.24) is 0 Å². The number of anilines is 1. The third kappa shape index (κ3) is 2.26. The van der Waals surface area contributed by atoms with E-state index in [9.17, 15) is 4.79 Å². The van der Waals surface area contributed by atoms with Gasteiger partial charge in [-0.15, -0.1) is 0 Å². The highest BCUT2D eigenvalue weighted by Gasteiger charge is 2.30. The van der Waals surface area contributed by atoms with Crippen LogP contribution in [0.15, 0.2) is 54.6 Å². The molecule has 0 aliphatic carbocycles. The van der Waals surface area contributed by atoms with Crippen LogP contribution in [0.2, 0.25) is 0 Å². The zero-order chi connectivity index (χ0) is 13.2. The lowest BCUT2D eigenvalue weighted by Gasteiger charge is -2.36. The van der Waals surface area contributed by atoms with Crippen molar-refractivity contribution in [2.45, 2.75) is 18.9 Å². The summed E-state index contributed by atoms with van der Waals surface area (Å²) in [6.07, 6.45) is 1.93. The fourth-order valence-electron chi connectivity index (χ4n) is 2.77. The third-order valence-corrected chi connectivity index (χ3v) is 3.86. The van der Waals surface area contributed by atoms with Gasteiger partial charge >= 0.3 is 0 Å². The summed E-state index contributed by atoms with van der Waals surface area (Å²) in [6.45, 7) is 0. The normalized spacial score (nSPS) is 17.9. The average molecular weight is 269 g/mol. The van der Waals surface area contributed by atoms with Gasteiger partial charge in [0.1, 0.15) is 0 Å². The van der Waals surface area contributed by atoms with Crippen LogP contribution < -0.4 is 4.90 Å². The lowest BCUT2D eigenvalue weighted by molar-refractivity contribution is 0.262. The van der Waals surface area contributed by atoms with Crippen LogP contribution in [-0.4, -0.2) is 5.24 Å². The summed E-state index contributed by atoms with van der Waals surface area (Å²) in [7, 11) is 0. The van der Waals surface area contributed by atoms with Crippen molar-refractivity contribution < 1.29 is 4.79 Å². The number of nitrogens with zero attached hydrogens (tertiary/aromatic N) is 1. The molecule has 3 heteroatoms. The number of amides is 1. The van der Waals surface area contributed by atoms with E-state index in [2.05, 4.69) is 30.8 Å². The van der Waals surface area contributed by atoms with Gasteiger partial charge in [0.2, 0.25) is 0 Å². The average Bonchev–Trinajstić information content (AvgIpc) is 2.46. The molecule has 0 saturated heterocycles. The number of fused-ring (bicyclic) bond motifs is 1. The molecule has 1 atom stereocenters. The molecule has 1 aliphatic heterocycles. The van der Waals surface area contributed by atoms with Gasteiger partial charge in [-0.25, -0.2) is 0 Å². The monoisotopic (exact) mass is 269 g/mol. The molecule has 0 aromatic heterocycles. The molecular weight excluding hydrogens is 254 g/mol. The van der Waals surface area contributed by atoms with E-state index in [1.807, 2.05) is 36.4 Å². The van der Waals surface area contributed by atoms with Gasteiger partial charge in [0.25, 0.3) is 5.24 Å². The largest absolute Gasteiger partial charge is 0.296 e. The first-order valence-electron chi connectivity index (χ1n) is 6.42. The Kier molecular flexibility index (Phi) is 3.30. The molecule has 1 aliphatic rings. The minimum atomic E-state index is -0.194. The highest BCUT2D eigenvalue weighted by atomic mass is 32.1. The second kappa shape index (κ2) is 5.10. The molecule has 2 aromatic rings. The molecular formula is C16H15NOS. The summed E-state index contributed by atoms with van der Waals surface area (Å²) in [4.78, 5) is 13.7. The van der Waals surface area contributed by atoms with Crippen molar-refractivity contribution in [3.8, 4) is 0 Å².